The van der Waals surface area contributed by atoms with Gasteiger partial charge in [-0.05, 0) is 31.5 Å². The van der Waals surface area contributed by atoms with E-state index in [0.29, 0.717) is 23.6 Å². The van der Waals surface area contributed by atoms with Crippen molar-refractivity contribution < 1.29 is 14.1 Å². The Morgan fingerprint density at radius 1 is 0.938 bits per heavy atom. The number of carbonyl (C=O) groups excluding carboxylic acids is 2. The molecular formula is C25H22N4O3. The second-order valence-corrected chi connectivity index (χ2v) is 7.52. The van der Waals surface area contributed by atoms with Crippen molar-refractivity contribution in [3.8, 4) is 22.6 Å². The first-order chi connectivity index (χ1) is 15.4. The van der Waals surface area contributed by atoms with Crippen molar-refractivity contribution in [2.24, 2.45) is 5.73 Å². The van der Waals surface area contributed by atoms with Gasteiger partial charge in [0.2, 0.25) is 0 Å². The van der Waals surface area contributed by atoms with Gasteiger partial charge in [-0.15, -0.1) is 0 Å². The monoisotopic (exact) mass is 426 g/mol. The van der Waals surface area contributed by atoms with Crippen molar-refractivity contribution in [1.29, 1.82) is 0 Å². The molecule has 32 heavy (non-hydrogen) atoms. The van der Waals surface area contributed by atoms with Gasteiger partial charge in [0.15, 0.2) is 11.5 Å². The normalized spacial score (nSPS) is 10.7. The molecule has 7 nitrogen and oxygen atoms in total. The van der Waals surface area contributed by atoms with Gasteiger partial charge in [-0.25, -0.2) is 0 Å². The highest BCUT2D eigenvalue weighted by Crippen LogP contribution is 2.21. The summed E-state index contributed by atoms with van der Waals surface area (Å²) in [5, 5.41) is 6.73. The van der Waals surface area contributed by atoms with Gasteiger partial charge in [0, 0.05) is 23.7 Å². The predicted molar refractivity (Wildman–Crippen MR) is 121 cm³/mol. The maximum atomic E-state index is 12.4. The van der Waals surface area contributed by atoms with Gasteiger partial charge in [-0.1, -0.05) is 59.3 Å². The minimum atomic E-state index is -0.495. The number of primary amides is 1. The highest BCUT2D eigenvalue weighted by atomic mass is 16.5. The molecule has 2 heterocycles. The molecule has 0 saturated carbocycles. The fourth-order valence-corrected chi connectivity index (χ4v) is 3.28. The number of benzene rings is 2. The number of carbonyl (C=O) groups is 2. The molecule has 0 aliphatic rings. The van der Waals surface area contributed by atoms with E-state index < -0.39 is 5.91 Å². The van der Waals surface area contributed by atoms with Crippen LogP contribution in [-0.4, -0.2) is 22.0 Å². The molecule has 2 aromatic heterocycles. The van der Waals surface area contributed by atoms with Crippen molar-refractivity contribution in [1.82, 2.24) is 15.5 Å². The zero-order chi connectivity index (χ0) is 22.7. The number of pyridine rings is 1. The number of amides is 2. The number of hydrogen-bond donors (Lipinski definition) is 2. The van der Waals surface area contributed by atoms with Gasteiger partial charge in [0.1, 0.15) is 0 Å². The SMILES string of the molecule is Cc1ccc(-c2cc(C(=O)NCc3ccc(-c4ccc(C(N)=O)c(C)n4)cc3)no2)cc1. The standard InChI is InChI=1S/C25H22N4O3/c1-15-3-7-19(8-4-15)23-13-22(29-32-23)25(31)27-14-17-5-9-18(10-6-17)21-12-11-20(24(26)30)16(2)28-21/h3-13H,14H2,1-2H3,(H2,26,30)(H,27,31). The van der Waals surface area contributed by atoms with E-state index in [2.05, 4.69) is 15.5 Å². The molecule has 0 bridgehead atoms. The first-order valence-electron chi connectivity index (χ1n) is 10.1. The van der Waals surface area contributed by atoms with E-state index in [4.69, 9.17) is 10.3 Å². The van der Waals surface area contributed by atoms with Crippen LogP contribution < -0.4 is 11.1 Å². The minimum absolute atomic E-state index is 0.228. The summed E-state index contributed by atoms with van der Waals surface area (Å²) in [5.74, 6) is -0.258. The molecule has 7 heteroatoms. The van der Waals surface area contributed by atoms with Crippen LogP contribution in [0.3, 0.4) is 0 Å². The fourth-order valence-electron chi connectivity index (χ4n) is 3.28. The van der Waals surface area contributed by atoms with Crippen molar-refractivity contribution >= 4 is 11.8 Å². The largest absolute Gasteiger partial charge is 0.366 e. The van der Waals surface area contributed by atoms with Gasteiger partial charge in [-0.3, -0.25) is 14.6 Å². The zero-order valence-corrected chi connectivity index (χ0v) is 17.8. The summed E-state index contributed by atoms with van der Waals surface area (Å²) in [6.45, 7) is 4.10. The molecule has 0 aliphatic heterocycles. The molecule has 0 radical (unpaired) electrons. The lowest BCUT2D eigenvalue weighted by molar-refractivity contribution is 0.0940. The van der Waals surface area contributed by atoms with E-state index in [1.54, 1.807) is 25.1 Å². The Kier molecular flexibility index (Phi) is 5.81. The number of aromatic nitrogens is 2. The molecule has 4 aromatic rings. The van der Waals surface area contributed by atoms with E-state index in [0.717, 1.165) is 27.9 Å². The fraction of sp³-hybridized carbons (Fsp3) is 0.120. The van der Waals surface area contributed by atoms with Crippen LogP contribution in [0.5, 0.6) is 0 Å². The number of hydrogen-bond acceptors (Lipinski definition) is 5. The van der Waals surface area contributed by atoms with E-state index in [1.165, 1.54) is 0 Å². The highest BCUT2D eigenvalue weighted by Gasteiger charge is 2.14. The van der Waals surface area contributed by atoms with Gasteiger partial charge in [0.05, 0.1) is 17.0 Å². The van der Waals surface area contributed by atoms with E-state index >= 15 is 0 Å². The molecular weight excluding hydrogens is 404 g/mol. The quantitative estimate of drug-likeness (QED) is 0.483. The average molecular weight is 426 g/mol. The third-order valence-corrected chi connectivity index (χ3v) is 5.13. The van der Waals surface area contributed by atoms with Crippen molar-refractivity contribution in [2.75, 3.05) is 0 Å². The van der Waals surface area contributed by atoms with Crippen LogP contribution in [0.2, 0.25) is 0 Å². The molecule has 2 amide bonds. The summed E-state index contributed by atoms with van der Waals surface area (Å²) in [4.78, 5) is 28.3. The summed E-state index contributed by atoms with van der Waals surface area (Å²) in [6.07, 6.45) is 0. The van der Waals surface area contributed by atoms with Crippen LogP contribution in [0.25, 0.3) is 22.6 Å². The van der Waals surface area contributed by atoms with Gasteiger partial charge < -0.3 is 15.6 Å². The lowest BCUT2D eigenvalue weighted by Crippen LogP contribution is -2.22. The van der Waals surface area contributed by atoms with Crippen LogP contribution in [0.15, 0.2) is 71.3 Å². The third kappa shape index (κ3) is 4.57. The van der Waals surface area contributed by atoms with Crippen molar-refractivity contribution in [3.63, 3.8) is 0 Å². The van der Waals surface area contributed by atoms with E-state index in [1.807, 2.05) is 55.5 Å². The molecule has 4 rings (SSSR count). The minimum Gasteiger partial charge on any atom is -0.366 e. The lowest BCUT2D eigenvalue weighted by atomic mass is 10.1. The van der Waals surface area contributed by atoms with Crippen LogP contribution >= 0.6 is 0 Å². The molecule has 0 aliphatic carbocycles. The van der Waals surface area contributed by atoms with E-state index in [9.17, 15) is 9.59 Å². The topological polar surface area (TPSA) is 111 Å². The molecule has 160 valence electrons. The highest BCUT2D eigenvalue weighted by molar-refractivity contribution is 5.94. The molecule has 3 N–H and O–H groups in total. The molecule has 0 saturated heterocycles. The number of aryl methyl sites for hydroxylation is 2. The number of nitrogens with two attached hydrogens (primary N) is 1. The van der Waals surface area contributed by atoms with Crippen LogP contribution in [-0.2, 0) is 6.54 Å². The summed E-state index contributed by atoms with van der Waals surface area (Å²) in [5.41, 5.74) is 11.1. The number of nitrogens with zero attached hydrogens (tertiary/aromatic N) is 2. The molecule has 0 spiro atoms. The van der Waals surface area contributed by atoms with Gasteiger partial charge >= 0.3 is 0 Å². The molecule has 2 aromatic carbocycles. The first-order valence-corrected chi connectivity index (χ1v) is 10.1. The molecule has 0 fully saturated rings. The lowest BCUT2D eigenvalue weighted by Gasteiger charge is -2.07. The van der Waals surface area contributed by atoms with Gasteiger partial charge in [0.25, 0.3) is 11.8 Å². The first kappa shape index (κ1) is 21.0. The second-order valence-electron chi connectivity index (χ2n) is 7.52. The zero-order valence-electron chi connectivity index (χ0n) is 17.8. The smallest absolute Gasteiger partial charge is 0.273 e. The van der Waals surface area contributed by atoms with Gasteiger partial charge in [-0.2, -0.15) is 0 Å². The summed E-state index contributed by atoms with van der Waals surface area (Å²) in [6, 6.07) is 20.5. The average Bonchev–Trinajstić information content (AvgIpc) is 3.28. The Morgan fingerprint density at radius 3 is 2.28 bits per heavy atom. The molecule has 0 atom stereocenters. The summed E-state index contributed by atoms with van der Waals surface area (Å²) in [7, 11) is 0. The second kappa shape index (κ2) is 8.85. The maximum Gasteiger partial charge on any atom is 0.273 e. The predicted octanol–water partition coefficient (Wildman–Crippen LogP) is 4.05. The van der Waals surface area contributed by atoms with Crippen LogP contribution in [0, 0.1) is 13.8 Å². The number of rotatable bonds is 6. The Morgan fingerprint density at radius 2 is 1.62 bits per heavy atom. The Balaban J connectivity index is 1.39. The van der Waals surface area contributed by atoms with E-state index in [-0.39, 0.29) is 11.6 Å². The Bertz CT molecular complexity index is 1280. The van der Waals surface area contributed by atoms with Crippen molar-refractivity contribution in [2.45, 2.75) is 20.4 Å². The molecule has 0 unspecified atom stereocenters. The Labute approximate surface area is 185 Å². The van der Waals surface area contributed by atoms with Crippen LogP contribution in [0.4, 0.5) is 0 Å². The number of nitrogens with one attached hydrogen (secondary N) is 1. The maximum absolute atomic E-state index is 12.4. The summed E-state index contributed by atoms with van der Waals surface area (Å²) >= 11 is 0. The third-order valence-electron chi connectivity index (χ3n) is 5.13. The Hall–Kier alpha value is -4.26. The van der Waals surface area contributed by atoms with Crippen LogP contribution in [0.1, 0.15) is 37.7 Å². The summed E-state index contributed by atoms with van der Waals surface area (Å²) < 4.78 is 5.31. The van der Waals surface area contributed by atoms with Crippen molar-refractivity contribution in [3.05, 3.63) is 94.8 Å².